The Hall–Kier alpha value is -5.28. The van der Waals surface area contributed by atoms with Crippen LogP contribution in [0.25, 0.3) is 87.6 Å². The van der Waals surface area contributed by atoms with Crippen LogP contribution < -0.4 is 265 Å². The second kappa shape index (κ2) is 42.8. The summed E-state index contributed by atoms with van der Waals surface area (Å²) < 4.78 is 186. The van der Waals surface area contributed by atoms with Crippen LogP contribution >= 0.6 is 0 Å². The van der Waals surface area contributed by atoms with E-state index in [0.717, 1.165) is 70.5 Å². The minimum Gasteiger partial charge on any atom is -0.744 e. The molecule has 2 heterocycles. The van der Waals surface area contributed by atoms with E-state index < -0.39 is 83.7 Å². The van der Waals surface area contributed by atoms with E-state index >= 15 is 19.2 Å². The molecule has 0 saturated heterocycles. The van der Waals surface area contributed by atoms with E-state index in [9.17, 15) is 51.9 Å². The van der Waals surface area contributed by atoms with Crippen LogP contribution in [0.2, 0.25) is 0 Å². The molecule has 0 atom stereocenters. The molecule has 0 aliphatic carbocycles. The Morgan fingerprint density at radius 2 is 0.492 bits per heavy atom. The fourth-order valence-corrected chi connectivity index (χ4v) is 18.3. The van der Waals surface area contributed by atoms with E-state index in [-0.39, 0.29) is 405 Å². The van der Waals surface area contributed by atoms with E-state index in [1.165, 1.54) is 48.5 Å². The number of rotatable bonds is 22. The van der Waals surface area contributed by atoms with Crippen molar-refractivity contribution >= 4 is 119 Å². The average Bonchev–Trinajstić information content (AvgIpc) is 0.667. The Morgan fingerprint density at radius 3 is 0.746 bits per heavy atom. The van der Waals surface area contributed by atoms with Crippen LogP contribution in [0.15, 0.2) is 250 Å². The van der Waals surface area contributed by atoms with Gasteiger partial charge in [0.25, 0.3) is 23.6 Å². The summed E-state index contributed by atoms with van der Waals surface area (Å²) in [5.74, 6) is -6.40. The van der Waals surface area contributed by atoms with Crippen molar-refractivity contribution in [2.45, 2.75) is 98.6 Å². The largest absolute Gasteiger partial charge is 1.00 e. The van der Waals surface area contributed by atoms with Crippen molar-refractivity contribution in [2.24, 2.45) is 0 Å². The Morgan fingerprint density at radius 1 is 0.254 bits per heavy atom. The average molecular weight is 1880 g/mol. The Bertz CT molecular complexity index is 7010. The Kier molecular flexibility index (Phi) is 35.7. The van der Waals surface area contributed by atoms with Crippen molar-refractivity contribution in [1.82, 2.24) is 0 Å². The summed E-state index contributed by atoms with van der Waals surface area (Å²) in [5.41, 5.74) is 3.60. The number of fused-ring (bicyclic) bond motifs is 2. The van der Waals surface area contributed by atoms with Gasteiger partial charge in [0.05, 0.1) is 53.2 Å². The maximum atomic E-state index is 17.1. The number of hydrogen-bond donors (Lipinski definition) is 0. The summed E-state index contributed by atoms with van der Waals surface area (Å²) in [6.45, 7) is 15.2. The molecule has 4 amide bonds. The van der Waals surface area contributed by atoms with Gasteiger partial charge < -0.3 is 37.2 Å². The second-order valence-electron chi connectivity index (χ2n) is 30.8. The number of ether oxygens (including phenoxy) is 4. The molecule has 0 N–H and O–H groups in total. The first-order chi connectivity index (χ1) is 58.0. The molecule has 612 valence electrons. The number of benzene rings is 15. The molecule has 2 aliphatic heterocycles. The summed E-state index contributed by atoms with van der Waals surface area (Å²) in [5, 5.41) is -0.680. The van der Waals surface area contributed by atoms with Crippen LogP contribution in [-0.2, 0) is 40.5 Å². The van der Waals surface area contributed by atoms with Crippen molar-refractivity contribution in [3.05, 3.63) is 299 Å². The van der Waals surface area contributed by atoms with Gasteiger partial charge >= 0.3 is 236 Å². The summed E-state index contributed by atoms with van der Waals surface area (Å²) in [6.07, 6.45) is 0. The molecule has 2 aliphatic rings. The molecule has 0 spiro atoms. The predicted octanol–water partition coefficient (Wildman–Crippen LogP) is -3.48. The van der Waals surface area contributed by atoms with Gasteiger partial charge in [-0.2, -0.15) is 108 Å². The number of hydrogen-bond acceptors (Lipinski definition) is 20. The first-order valence-corrected chi connectivity index (χ1v) is 44.0. The van der Waals surface area contributed by atoms with Gasteiger partial charge in [0.15, 0.2) is 0 Å². The van der Waals surface area contributed by atoms with Gasteiger partial charge in [-0.1, -0.05) is 116 Å². The summed E-state index contributed by atoms with van der Waals surface area (Å²) in [4.78, 5) is 67.4. The van der Waals surface area contributed by atoms with Gasteiger partial charge in [-0.05, 0) is 142 Å². The molecular formula is C96H66N2Na8O20S4. The predicted molar refractivity (Wildman–Crippen MR) is 454 cm³/mol. The van der Waals surface area contributed by atoms with E-state index in [1.54, 1.807) is 84.9 Å². The molecule has 15 aromatic carbocycles. The van der Waals surface area contributed by atoms with Crippen molar-refractivity contribution in [3.63, 3.8) is 0 Å². The van der Waals surface area contributed by atoms with Crippen molar-refractivity contribution < 1.29 is 326 Å². The summed E-state index contributed by atoms with van der Waals surface area (Å²) >= 11 is 0. The fraction of sp³-hybridized carbons (Fsp3) is 0.125. The Labute approximate surface area is 929 Å². The van der Waals surface area contributed by atoms with Crippen LogP contribution in [-0.4, -0.2) is 75.5 Å². The zero-order valence-corrected chi connectivity index (χ0v) is 93.2. The van der Waals surface area contributed by atoms with Crippen LogP contribution in [0, 0.1) is 24.3 Å². The van der Waals surface area contributed by atoms with Crippen LogP contribution in [0.3, 0.4) is 0 Å². The third-order valence-electron chi connectivity index (χ3n) is 22.0. The van der Waals surface area contributed by atoms with Gasteiger partial charge in [0.2, 0.25) is 0 Å². The monoisotopic (exact) mass is 1880 g/mol. The number of imide groups is 2. The maximum absolute atomic E-state index is 17.1. The molecule has 0 saturated carbocycles. The number of nitrogens with zero attached hydrogens (tertiary/aromatic N) is 2. The first-order valence-electron chi connectivity index (χ1n) is 38.4. The number of carbonyl (C=O) groups is 4. The van der Waals surface area contributed by atoms with Crippen LogP contribution in [0.5, 0.6) is 46.0 Å². The SMILES string of the molecule is CC(C)c1cccc(C(C)C)c1N1C(=O)c2cc(Oc3cc[c-]cc3-c3cc[c-]cc3)c3c4c(Oc5cc[c-]cc5-c5cc[c-]cc5)cc5c6c(cc(Oc7ccc(S(=O)(=O)[O-])cc7-c7ccc(S(=O)(=O)[O-])cc7)c(c7c(Oc8ccc(S(=O)(=O)[O-])cc8-c8ccc(S(=O)(=O)[O-])cc8)cc(c2c37)C1=O)c64)C(=O)N(c1c(C(C)C)cccc1C(C)C)C5=O.[Na+].[Na+].[Na+].[Na+].[Na+].[Na+].[Na+].[Na+]. The van der Waals surface area contributed by atoms with E-state index in [2.05, 4.69) is 24.3 Å². The molecule has 15 aromatic rings. The number of anilines is 2. The first kappa shape index (κ1) is 108. The molecule has 17 rings (SSSR count). The quantitative estimate of drug-likeness (QED) is 0.0159. The molecule has 0 aromatic heterocycles. The maximum Gasteiger partial charge on any atom is 1.00 e. The smallest absolute Gasteiger partial charge is 0.744 e. The topological polar surface area (TPSA) is 340 Å². The van der Waals surface area contributed by atoms with Gasteiger partial charge in [-0.25, -0.2) is 43.5 Å². The molecule has 34 heteroatoms. The molecule has 0 bridgehead atoms. The van der Waals surface area contributed by atoms with Crippen LogP contribution in [0.4, 0.5) is 11.4 Å². The zero-order valence-electron chi connectivity index (χ0n) is 73.9. The molecule has 0 fully saturated rings. The number of carbonyl (C=O) groups excluding carboxylic acids is 4. The van der Waals surface area contributed by atoms with E-state index in [4.69, 9.17) is 18.9 Å². The van der Waals surface area contributed by atoms with Gasteiger partial charge in [0.1, 0.15) is 75.0 Å². The molecular weight excluding hydrogens is 1810 g/mol. The minimum absolute atomic E-state index is 0. The van der Waals surface area contributed by atoms with Crippen LogP contribution in [0.1, 0.15) is 143 Å². The second-order valence-corrected chi connectivity index (χ2v) is 36.3. The van der Waals surface area contributed by atoms with Crippen molar-refractivity contribution in [3.8, 4) is 90.5 Å². The molecule has 0 radical (unpaired) electrons. The molecule has 22 nitrogen and oxygen atoms in total. The van der Waals surface area contributed by atoms with Gasteiger partial charge in [0, 0.05) is 65.7 Å². The standard InChI is InChI=1S/C96H70N2O20S4.8Na/c1-51(2)63-27-19-28-64(52(3)4)91(63)97-93(99)71-47-79(115-75-31-17-15-25-67(75)55-21-11-9-12-22-55)85-86-80(116-76-32-18-16-26-68(76)56-23-13-10-14-24-56)48-72-84-74(96(102)98(94(72)100)92-65(53(5)6)29-20-30-66(92)54(7)8)50-82(118-78-44-42-62(122(112,113)114)46-70(78)58-35-39-60(40-36-58)120(106,107)108)88(90(84)86)87-81(49-73(95(97)101)83(71)89(85)87)117-77-43-41-61(121(109,110)111)45-69(77)57-33-37-59(38-34-57)119(103,104)105;;;;;;;;/h11-14,17-54H,1-8H3,(H,103,104,105)(H,106,107,108)(H,109,110,111)(H,112,113,114);;;;;;;;/q-4;8*+1/p-4. The Balaban J connectivity index is 0.00000238. The third kappa shape index (κ3) is 20.4. The van der Waals surface area contributed by atoms with Crippen molar-refractivity contribution in [1.29, 1.82) is 0 Å². The zero-order chi connectivity index (χ0) is 86.2. The van der Waals surface area contributed by atoms with Gasteiger partial charge in [-0.15, -0.1) is 23.3 Å². The van der Waals surface area contributed by atoms with E-state index in [0.29, 0.717) is 44.5 Å². The molecule has 0 unspecified atom stereocenters. The fourth-order valence-electron chi connectivity index (χ4n) is 16.4. The third-order valence-corrected chi connectivity index (χ3v) is 25.4. The number of para-hydroxylation sites is 2. The summed E-state index contributed by atoms with van der Waals surface area (Å²) in [6, 6.07) is 67.2. The van der Waals surface area contributed by atoms with Gasteiger partial charge in [-0.3, -0.25) is 19.2 Å². The normalized spacial score (nSPS) is 12.5. The van der Waals surface area contributed by atoms with E-state index in [1.807, 2.05) is 91.8 Å². The van der Waals surface area contributed by atoms with Crippen molar-refractivity contribution in [2.75, 3.05) is 9.80 Å². The summed E-state index contributed by atoms with van der Waals surface area (Å²) in [7, 11) is -21.0. The molecule has 130 heavy (non-hydrogen) atoms. The minimum atomic E-state index is -5.38. The number of amides is 4.